The molecule has 1 amide bonds. The maximum Gasteiger partial charge on any atom is 0.256 e. The first kappa shape index (κ1) is 11.8. The maximum atomic E-state index is 12.3. The van der Waals surface area contributed by atoms with Gasteiger partial charge in [0.1, 0.15) is 5.75 Å². The number of halogens is 1. The minimum Gasteiger partial charge on any atom is -0.494 e. The Bertz CT molecular complexity index is 504. The third-order valence-corrected chi connectivity index (χ3v) is 3.78. The topological polar surface area (TPSA) is 41.6 Å². The van der Waals surface area contributed by atoms with E-state index in [0.717, 1.165) is 30.9 Å². The van der Waals surface area contributed by atoms with Crippen molar-refractivity contribution in [3.05, 3.63) is 28.3 Å². The van der Waals surface area contributed by atoms with Gasteiger partial charge in [-0.1, -0.05) is 11.6 Å². The lowest BCUT2D eigenvalue weighted by molar-refractivity contribution is 0.0691. The van der Waals surface area contributed by atoms with E-state index >= 15 is 0 Å². The van der Waals surface area contributed by atoms with Gasteiger partial charge in [0, 0.05) is 19.6 Å². The van der Waals surface area contributed by atoms with Crippen LogP contribution in [-0.4, -0.2) is 37.0 Å². The van der Waals surface area contributed by atoms with Crippen molar-refractivity contribution in [1.29, 1.82) is 0 Å². The summed E-state index contributed by atoms with van der Waals surface area (Å²) in [5.74, 6) is 0.783. The van der Waals surface area contributed by atoms with E-state index in [4.69, 9.17) is 16.3 Å². The summed E-state index contributed by atoms with van der Waals surface area (Å²) in [5.41, 5.74) is 1.64. The monoisotopic (exact) mass is 266 g/mol. The van der Waals surface area contributed by atoms with Gasteiger partial charge in [0.2, 0.25) is 0 Å². The van der Waals surface area contributed by atoms with Gasteiger partial charge < -0.3 is 15.0 Å². The van der Waals surface area contributed by atoms with Crippen LogP contribution < -0.4 is 10.1 Å². The SMILES string of the molecule is CCOc1cc(Cl)c2c(c1)[C@@H]1CNCCN1C2=O. The van der Waals surface area contributed by atoms with Crippen molar-refractivity contribution in [2.45, 2.75) is 13.0 Å². The molecule has 3 rings (SSSR count). The van der Waals surface area contributed by atoms with Crippen molar-refractivity contribution >= 4 is 17.5 Å². The Morgan fingerprint density at radius 1 is 1.56 bits per heavy atom. The van der Waals surface area contributed by atoms with Gasteiger partial charge in [-0.25, -0.2) is 0 Å². The summed E-state index contributed by atoms with van der Waals surface area (Å²) in [6.45, 7) is 4.88. The van der Waals surface area contributed by atoms with Crippen LogP contribution in [0, 0.1) is 0 Å². The normalized spacial score (nSPS) is 21.8. The van der Waals surface area contributed by atoms with Crippen molar-refractivity contribution < 1.29 is 9.53 Å². The molecular weight excluding hydrogens is 252 g/mol. The van der Waals surface area contributed by atoms with Crippen LogP contribution in [0.25, 0.3) is 0 Å². The third-order valence-electron chi connectivity index (χ3n) is 3.48. The van der Waals surface area contributed by atoms with E-state index in [2.05, 4.69) is 5.32 Å². The van der Waals surface area contributed by atoms with Crippen LogP contribution in [0.4, 0.5) is 0 Å². The molecule has 0 saturated carbocycles. The number of amides is 1. The van der Waals surface area contributed by atoms with Crippen molar-refractivity contribution in [2.24, 2.45) is 0 Å². The molecule has 0 radical (unpaired) electrons. The van der Waals surface area contributed by atoms with E-state index in [9.17, 15) is 4.79 Å². The number of carbonyl (C=O) groups excluding carboxylic acids is 1. The highest BCUT2D eigenvalue weighted by molar-refractivity contribution is 6.34. The highest BCUT2D eigenvalue weighted by Crippen LogP contribution is 2.40. The van der Waals surface area contributed by atoms with Gasteiger partial charge in [-0.3, -0.25) is 4.79 Å². The Balaban J connectivity index is 2.08. The summed E-state index contributed by atoms with van der Waals surface area (Å²) in [5, 5.41) is 3.81. The second-order valence-corrected chi connectivity index (χ2v) is 4.93. The number of hydrogen-bond donors (Lipinski definition) is 1. The summed E-state index contributed by atoms with van der Waals surface area (Å²) in [7, 11) is 0. The van der Waals surface area contributed by atoms with Gasteiger partial charge in [-0.2, -0.15) is 0 Å². The van der Waals surface area contributed by atoms with Crippen LogP contribution in [0.15, 0.2) is 12.1 Å². The molecule has 0 aliphatic carbocycles. The Kier molecular flexibility index (Phi) is 2.92. The van der Waals surface area contributed by atoms with Crippen LogP contribution >= 0.6 is 11.6 Å². The Hall–Kier alpha value is -1.26. The Morgan fingerprint density at radius 2 is 2.39 bits per heavy atom. The molecule has 2 aliphatic rings. The number of piperazine rings is 1. The Morgan fingerprint density at radius 3 is 3.17 bits per heavy atom. The highest BCUT2D eigenvalue weighted by Gasteiger charge is 2.39. The summed E-state index contributed by atoms with van der Waals surface area (Å²) >= 11 is 6.22. The van der Waals surface area contributed by atoms with E-state index < -0.39 is 0 Å². The first-order chi connectivity index (χ1) is 8.72. The lowest BCUT2D eigenvalue weighted by atomic mass is 10.0. The standard InChI is InChI=1S/C13H15ClN2O2/c1-2-18-8-5-9-11-7-15-3-4-16(11)13(17)12(9)10(14)6-8/h5-6,11,15H,2-4,7H2,1H3/t11-/m0/s1. The smallest absolute Gasteiger partial charge is 0.256 e. The molecule has 1 aromatic carbocycles. The second-order valence-electron chi connectivity index (χ2n) is 4.52. The maximum absolute atomic E-state index is 12.3. The number of nitrogens with zero attached hydrogens (tertiary/aromatic N) is 1. The van der Waals surface area contributed by atoms with Crippen LogP contribution in [0.5, 0.6) is 5.75 Å². The predicted octanol–water partition coefficient (Wildman–Crippen LogP) is 1.84. The first-order valence-corrected chi connectivity index (χ1v) is 6.58. The van der Waals surface area contributed by atoms with Crippen LogP contribution in [0.2, 0.25) is 5.02 Å². The van der Waals surface area contributed by atoms with E-state index in [1.807, 2.05) is 17.9 Å². The molecule has 1 N–H and O–H groups in total. The lowest BCUT2D eigenvalue weighted by Crippen LogP contribution is -2.44. The molecule has 0 aromatic heterocycles. The van der Waals surface area contributed by atoms with Crippen LogP contribution in [-0.2, 0) is 0 Å². The third kappa shape index (κ3) is 1.68. The second kappa shape index (κ2) is 4.44. The van der Waals surface area contributed by atoms with Gasteiger partial charge in [-0.05, 0) is 24.6 Å². The zero-order valence-corrected chi connectivity index (χ0v) is 11.0. The molecule has 1 saturated heterocycles. The van der Waals surface area contributed by atoms with E-state index in [1.54, 1.807) is 6.07 Å². The molecular formula is C13H15ClN2O2. The molecule has 0 bridgehead atoms. The van der Waals surface area contributed by atoms with Crippen molar-refractivity contribution in [2.75, 3.05) is 26.2 Å². The number of nitrogens with one attached hydrogen (secondary N) is 1. The largest absolute Gasteiger partial charge is 0.494 e. The van der Waals surface area contributed by atoms with Gasteiger partial charge >= 0.3 is 0 Å². The lowest BCUT2D eigenvalue weighted by Gasteiger charge is -2.30. The summed E-state index contributed by atoms with van der Waals surface area (Å²) < 4.78 is 5.49. The van der Waals surface area contributed by atoms with Gasteiger partial charge in [0.15, 0.2) is 0 Å². The zero-order valence-electron chi connectivity index (χ0n) is 10.2. The summed E-state index contributed by atoms with van der Waals surface area (Å²) in [6.07, 6.45) is 0. The Labute approximate surface area is 111 Å². The molecule has 0 unspecified atom stereocenters. The van der Waals surface area contributed by atoms with E-state index in [1.165, 1.54) is 0 Å². The van der Waals surface area contributed by atoms with E-state index in [0.29, 0.717) is 17.2 Å². The predicted molar refractivity (Wildman–Crippen MR) is 69.3 cm³/mol. The molecule has 96 valence electrons. The fraction of sp³-hybridized carbons (Fsp3) is 0.462. The fourth-order valence-electron chi connectivity index (χ4n) is 2.71. The van der Waals surface area contributed by atoms with Crippen LogP contribution in [0.3, 0.4) is 0 Å². The van der Waals surface area contributed by atoms with Crippen molar-refractivity contribution in [1.82, 2.24) is 10.2 Å². The van der Waals surface area contributed by atoms with Crippen molar-refractivity contribution in [3.63, 3.8) is 0 Å². The molecule has 1 aromatic rings. The molecule has 1 fully saturated rings. The molecule has 5 heteroatoms. The zero-order chi connectivity index (χ0) is 12.7. The van der Waals surface area contributed by atoms with Gasteiger partial charge in [-0.15, -0.1) is 0 Å². The quantitative estimate of drug-likeness (QED) is 0.888. The first-order valence-electron chi connectivity index (χ1n) is 6.20. The number of benzene rings is 1. The number of carbonyl (C=O) groups is 1. The van der Waals surface area contributed by atoms with Gasteiger partial charge in [0.25, 0.3) is 5.91 Å². The molecule has 1 atom stereocenters. The number of fused-ring (bicyclic) bond motifs is 3. The number of ether oxygens (including phenoxy) is 1. The molecule has 2 aliphatic heterocycles. The number of rotatable bonds is 2. The fourth-order valence-corrected chi connectivity index (χ4v) is 3.01. The summed E-state index contributed by atoms with van der Waals surface area (Å²) in [6, 6.07) is 3.77. The minimum atomic E-state index is 0.0459. The molecule has 18 heavy (non-hydrogen) atoms. The average Bonchev–Trinajstić information content (AvgIpc) is 2.65. The van der Waals surface area contributed by atoms with Gasteiger partial charge in [0.05, 0.1) is 23.2 Å². The van der Waals surface area contributed by atoms with Crippen molar-refractivity contribution in [3.8, 4) is 5.75 Å². The molecule has 0 spiro atoms. The highest BCUT2D eigenvalue weighted by atomic mass is 35.5. The minimum absolute atomic E-state index is 0.0459. The number of hydrogen-bond acceptors (Lipinski definition) is 3. The summed E-state index contributed by atoms with van der Waals surface area (Å²) in [4.78, 5) is 14.2. The molecule has 4 nitrogen and oxygen atoms in total. The van der Waals surface area contributed by atoms with E-state index in [-0.39, 0.29) is 11.9 Å². The average molecular weight is 267 g/mol. The molecule has 2 heterocycles. The van der Waals surface area contributed by atoms with Crippen LogP contribution in [0.1, 0.15) is 28.9 Å².